The Morgan fingerprint density at radius 2 is 0.684 bits per heavy atom. The van der Waals surface area contributed by atoms with Crippen LogP contribution in [0.4, 0.5) is 50.2 Å². The summed E-state index contributed by atoms with van der Waals surface area (Å²) in [5, 5.41) is 3.61. The Labute approximate surface area is 791 Å². The summed E-state index contributed by atoms with van der Waals surface area (Å²) in [5.74, 6) is -2.31. The zero-order valence-corrected chi connectivity index (χ0v) is 76.6. The Balaban J connectivity index is 0.000000148. The lowest BCUT2D eigenvalue weighted by molar-refractivity contribution is 0.100. The van der Waals surface area contributed by atoms with Crippen LogP contribution in [-0.2, 0) is 30.1 Å². The predicted octanol–water partition coefficient (Wildman–Crippen LogP) is 29.7. The minimum atomic E-state index is -4.53. The molecule has 0 saturated heterocycles. The fraction of sp³-hybridized carbons (Fsp3) is 0.0673. The van der Waals surface area contributed by atoms with Crippen molar-refractivity contribution in [1.82, 2.24) is 21.9 Å². The molecule has 0 aliphatic rings. The molecule has 0 aliphatic carbocycles. The van der Waals surface area contributed by atoms with E-state index in [1.165, 1.54) is 75.5 Å². The monoisotopic (exact) mass is 1960 g/mol. The molecule has 136 heavy (non-hydrogen) atoms. The van der Waals surface area contributed by atoms with E-state index in [9.17, 15) is 79.2 Å². The van der Waals surface area contributed by atoms with Crippen molar-refractivity contribution in [2.75, 3.05) is 0 Å². The molecule has 12 aromatic carbocycles. The van der Waals surface area contributed by atoms with Crippen LogP contribution in [0.25, 0.3) is 143 Å². The van der Waals surface area contributed by atoms with E-state index in [-0.39, 0.29) is 115 Å². The number of hydrogen-bond donors (Lipinski definition) is 0. The molecule has 0 fully saturated rings. The van der Waals surface area contributed by atoms with Gasteiger partial charge in [0.05, 0.1) is 72.9 Å². The second kappa shape index (κ2) is 38.4. The normalized spacial score (nSPS) is 11.7. The van der Waals surface area contributed by atoms with Crippen LogP contribution in [-0.4, -0.2) is 64.5 Å². The van der Waals surface area contributed by atoms with Gasteiger partial charge in [-0.1, -0.05) is 186 Å². The summed E-state index contributed by atoms with van der Waals surface area (Å²) in [4.78, 5) is 51.2. The van der Waals surface area contributed by atoms with Crippen molar-refractivity contribution in [3.8, 4) is 101 Å². The average molecular weight is 1960 g/mol. The van der Waals surface area contributed by atoms with Gasteiger partial charge in [0, 0.05) is 133 Å². The smallest absolute Gasteiger partial charge is 0.268 e. The van der Waals surface area contributed by atoms with E-state index in [0.29, 0.717) is 110 Å². The molecule has 678 valence electrons. The number of hydrogen-bond acceptors (Lipinski definition) is 12. The lowest BCUT2D eigenvalue weighted by Gasteiger charge is -2.16. The lowest BCUT2D eigenvalue weighted by Crippen LogP contribution is -2.14. The number of rotatable bonds is 21. The first-order chi connectivity index (χ1) is 65.0. The summed E-state index contributed by atoms with van der Waals surface area (Å²) in [6.07, 6.45) is -5.35. The molecule has 0 spiro atoms. The molecule has 0 radical (unpaired) electrons. The van der Waals surface area contributed by atoms with Crippen LogP contribution < -0.4 is 0 Å². The van der Waals surface area contributed by atoms with Crippen LogP contribution in [0.3, 0.4) is 0 Å². The Hall–Kier alpha value is -14.7. The fourth-order valence-corrected chi connectivity index (χ4v) is 22.3. The van der Waals surface area contributed by atoms with Gasteiger partial charge in [-0.3, -0.25) is 24.4 Å². The van der Waals surface area contributed by atoms with Crippen LogP contribution in [0.15, 0.2) is 318 Å². The number of halogens is 12. The van der Waals surface area contributed by atoms with Crippen molar-refractivity contribution in [2.45, 2.75) is 61.7 Å². The number of benzene rings is 12. The van der Waals surface area contributed by atoms with Gasteiger partial charge in [-0.15, -0.1) is 0 Å². The number of aryl methyl sites for hydroxylation is 1. The van der Waals surface area contributed by atoms with E-state index < -0.39 is 66.8 Å². The number of ketones is 3. The quantitative estimate of drug-likeness (QED) is 0.0376. The number of carbonyl (C=O) groups excluding carboxylic acids is 3. The minimum Gasteiger partial charge on any atom is -0.295 e. The number of aromatic nitrogens is 5. The number of thiophene rings is 1. The highest BCUT2D eigenvalue weighted by Crippen LogP contribution is 2.52. The van der Waals surface area contributed by atoms with Gasteiger partial charge in [0.25, 0.3) is 49.3 Å². The zero-order valence-electron chi connectivity index (χ0n) is 71.1. The van der Waals surface area contributed by atoms with Crippen LogP contribution in [0.1, 0.15) is 93.4 Å². The van der Waals surface area contributed by atoms with Crippen molar-refractivity contribution in [3.05, 3.63) is 397 Å². The standard InChI is InChI=1S/C35H21ClF3N3O3S.C35H24ClF3N2O3S.C34H20ClF3N2O3S2/c1-20(43)22-10-14-27(29(36)18-22)23-5-3-6-24(17-23)34-32(33-30(40-2)7-4-16-41-33)28-19-25(37)11-15-31(28)42(34)46(44,45)26-12-8-21(9-13-26)35(38)39;1-20-5-4-16-40-33(20)32-29-19-26(37)11-15-31(29)41(45(43,44)27-12-8-22(9-13-27)35(38)39)34(32)25-7-3-6-24(17-25)28-14-10-23(21(2)42)18-30(28)36;1-19(41)21-8-12-26(29(35)17-21)22-4-3-5-23(16-22)32-31(27-14-15-44-34(27)39-2)28-18-24(36)9-13-30(28)40(32)45(42,43)25-10-6-20(7-11-25)33(37)38/h3-19,35H,1H3;3-19,35H,1-2H3;3-18,33H,1H3. The Bertz CT molecular complexity index is 8110. The molecule has 32 heteroatoms. The third-order valence-electron chi connectivity index (χ3n) is 22.5. The summed E-state index contributed by atoms with van der Waals surface area (Å²) >= 11 is 20.9. The minimum absolute atomic E-state index is 0.0699. The summed E-state index contributed by atoms with van der Waals surface area (Å²) in [6, 6.07) is 67.8. The Morgan fingerprint density at radius 3 is 1.01 bits per heavy atom. The first-order valence-electron chi connectivity index (χ1n) is 40.9. The van der Waals surface area contributed by atoms with Crippen LogP contribution >= 0.6 is 46.1 Å². The van der Waals surface area contributed by atoms with Crippen LogP contribution in [0, 0.1) is 37.5 Å². The van der Waals surface area contributed by atoms with Crippen molar-refractivity contribution in [2.24, 2.45) is 0 Å². The van der Waals surface area contributed by atoms with Crippen molar-refractivity contribution < 1.29 is 79.2 Å². The van der Waals surface area contributed by atoms with Gasteiger partial charge in [-0.25, -0.2) is 86.4 Å². The van der Waals surface area contributed by atoms with E-state index in [1.54, 1.807) is 157 Å². The average Bonchev–Trinajstić information content (AvgIpc) is 1.57. The maximum Gasteiger partial charge on any atom is 0.268 e. The molecular formula is C104H65Cl3F9N7O9S4. The number of alkyl halides is 6. The Kier molecular flexibility index (Phi) is 26.7. The molecule has 6 heterocycles. The van der Waals surface area contributed by atoms with Gasteiger partial charge in [0.1, 0.15) is 17.5 Å². The second-order valence-corrected chi connectivity index (χ2v) is 38.4. The highest BCUT2D eigenvalue weighted by atomic mass is 35.5. The topological polar surface area (TPSA) is 203 Å². The van der Waals surface area contributed by atoms with Gasteiger partial charge in [0.15, 0.2) is 17.3 Å². The zero-order chi connectivity index (χ0) is 96.8. The first-order valence-corrected chi connectivity index (χ1v) is 47.2. The molecule has 0 aliphatic heterocycles. The summed E-state index contributed by atoms with van der Waals surface area (Å²) < 4.78 is 214. The van der Waals surface area contributed by atoms with Gasteiger partial charge >= 0.3 is 0 Å². The summed E-state index contributed by atoms with van der Waals surface area (Å²) in [6.45, 7) is 21.6. The van der Waals surface area contributed by atoms with Crippen molar-refractivity contribution in [1.29, 1.82) is 0 Å². The van der Waals surface area contributed by atoms with E-state index in [4.69, 9.17) is 47.9 Å². The van der Waals surface area contributed by atoms with Gasteiger partial charge < -0.3 is 0 Å². The molecule has 0 amide bonds. The third kappa shape index (κ3) is 18.2. The third-order valence-corrected chi connectivity index (χ3v) is 29.5. The molecular weight excluding hydrogens is 1900 g/mol. The number of Topliss-reactive ketones (excluding diaryl/α,β-unsaturated/α-hetero) is 3. The van der Waals surface area contributed by atoms with E-state index in [2.05, 4.69) is 19.7 Å². The molecule has 18 aromatic rings. The molecule has 6 aromatic heterocycles. The molecule has 16 nitrogen and oxygen atoms in total. The number of fused-ring (bicyclic) bond motifs is 3. The van der Waals surface area contributed by atoms with E-state index in [0.717, 1.165) is 114 Å². The molecule has 0 bridgehead atoms. The molecule has 0 N–H and O–H groups in total. The highest BCUT2D eigenvalue weighted by Gasteiger charge is 2.36. The maximum atomic E-state index is 14.9. The van der Waals surface area contributed by atoms with E-state index in [1.807, 2.05) is 13.0 Å². The maximum absolute atomic E-state index is 14.9. The number of nitrogens with zero attached hydrogens (tertiary/aromatic N) is 7. The van der Waals surface area contributed by atoms with Crippen molar-refractivity contribution in [3.63, 3.8) is 0 Å². The van der Waals surface area contributed by atoms with E-state index >= 15 is 0 Å². The van der Waals surface area contributed by atoms with Gasteiger partial charge in [-0.05, 0) is 189 Å². The number of pyridine rings is 2. The summed E-state index contributed by atoms with van der Waals surface area (Å²) in [5.41, 5.74) is 8.57. The first kappa shape index (κ1) is 94.5. The fourth-order valence-electron chi connectivity index (χ4n) is 16.1. The predicted molar refractivity (Wildman–Crippen MR) is 512 cm³/mol. The largest absolute Gasteiger partial charge is 0.295 e. The van der Waals surface area contributed by atoms with Crippen LogP contribution in [0.5, 0.6) is 0 Å². The molecule has 18 rings (SSSR count). The highest BCUT2D eigenvalue weighted by molar-refractivity contribution is 7.91. The van der Waals surface area contributed by atoms with Gasteiger partial charge in [0.2, 0.25) is 10.7 Å². The SMILES string of the molecule is CC(=O)c1ccc(-c2cccc(-c3c(-c4ncccc4C)c4cc(F)ccc4n3S(=O)(=O)c3ccc(C(F)F)cc3)c2)c(Cl)c1.[C-]#[N+]c1cccnc1-c1c(-c2cccc(-c3ccc(C(C)=O)cc3Cl)c2)n(S(=O)(=O)c2ccc(C(F)F)cc2)c2ccc(F)cc12.[C-]#[N+]c1sccc1-c1c(-c2cccc(-c3ccc(C(C)=O)cc3Cl)c2)n(S(=O)(=O)c2ccc(C(F)F)cc2)c2ccc(F)cc12. The molecule has 0 atom stereocenters. The van der Waals surface area contributed by atoms with Crippen LogP contribution in [0.2, 0.25) is 15.1 Å². The summed E-state index contributed by atoms with van der Waals surface area (Å²) in [7, 11) is -13.4. The lowest BCUT2D eigenvalue weighted by atomic mass is 9.96. The van der Waals surface area contributed by atoms with Crippen molar-refractivity contribution >= 4 is 137 Å². The number of carbonyl (C=O) groups is 3. The Morgan fingerprint density at radius 1 is 0.360 bits per heavy atom. The molecule has 0 saturated carbocycles. The van der Waals surface area contributed by atoms with Gasteiger partial charge in [-0.2, -0.15) is 11.3 Å². The second-order valence-electron chi connectivity index (χ2n) is 31.0. The molecule has 0 unspecified atom stereocenters.